The van der Waals surface area contributed by atoms with Crippen LogP contribution in [0.25, 0.3) is 0 Å². The molecule has 21 heavy (non-hydrogen) atoms. The van der Waals surface area contributed by atoms with Gasteiger partial charge in [0.25, 0.3) is 0 Å². The second-order valence-electron chi connectivity index (χ2n) is 4.91. The van der Waals surface area contributed by atoms with E-state index in [1.807, 2.05) is 44.2 Å². The van der Waals surface area contributed by atoms with Crippen LogP contribution in [0.2, 0.25) is 0 Å². The summed E-state index contributed by atoms with van der Waals surface area (Å²) in [4.78, 5) is 16.1. The summed E-state index contributed by atoms with van der Waals surface area (Å²) >= 11 is 0. The van der Waals surface area contributed by atoms with Gasteiger partial charge in [0.05, 0.1) is 13.2 Å². The van der Waals surface area contributed by atoms with E-state index in [0.29, 0.717) is 25.4 Å². The lowest BCUT2D eigenvalue weighted by molar-refractivity contribution is -0.125. The fourth-order valence-electron chi connectivity index (χ4n) is 1.81. The van der Waals surface area contributed by atoms with Gasteiger partial charge < -0.3 is 10.1 Å². The monoisotopic (exact) mass is 288 g/mol. The van der Waals surface area contributed by atoms with Crippen LogP contribution in [0.1, 0.15) is 25.0 Å². The Kier molecular flexibility index (Phi) is 5.31. The van der Waals surface area contributed by atoms with Crippen molar-refractivity contribution in [3.63, 3.8) is 0 Å². The second-order valence-corrected chi connectivity index (χ2v) is 4.91. The number of nitrogens with zero attached hydrogens (tertiary/aromatic N) is 2. The minimum Gasteiger partial charge on any atom is -0.494 e. The van der Waals surface area contributed by atoms with E-state index in [1.165, 1.54) is 0 Å². The third-order valence-electron chi connectivity index (χ3n) is 3.07. The number of benzene rings is 1. The number of carbonyl (C=O) groups is 1. The number of aryl methyl sites for hydroxylation is 1. The summed E-state index contributed by atoms with van der Waals surface area (Å²) in [6.07, 6.45) is 0.660. The highest BCUT2D eigenvalue weighted by Gasteiger charge is 2.13. The Morgan fingerprint density at radius 3 is 2.81 bits per heavy atom. The molecule has 0 saturated heterocycles. The molecule has 1 amide bonds. The number of amides is 1. The van der Waals surface area contributed by atoms with Gasteiger partial charge in [-0.15, -0.1) is 0 Å². The molecule has 0 spiro atoms. The fourth-order valence-corrected chi connectivity index (χ4v) is 1.81. The summed E-state index contributed by atoms with van der Waals surface area (Å²) in [5.41, 5.74) is 0. The maximum absolute atomic E-state index is 11.9. The number of carbonyl (C=O) groups excluding carboxylic acids is 1. The molecule has 0 aliphatic carbocycles. The van der Waals surface area contributed by atoms with Gasteiger partial charge in [0.1, 0.15) is 11.6 Å². The van der Waals surface area contributed by atoms with E-state index in [-0.39, 0.29) is 11.8 Å². The quantitative estimate of drug-likeness (QED) is 0.814. The topological polar surface area (TPSA) is 79.9 Å². The first kappa shape index (κ1) is 15.0. The minimum atomic E-state index is -0.117. The first-order chi connectivity index (χ1) is 10.1. The molecule has 1 unspecified atom stereocenters. The van der Waals surface area contributed by atoms with E-state index in [0.717, 1.165) is 11.6 Å². The van der Waals surface area contributed by atoms with E-state index in [1.54, 1.807) is 0 Å². The van der Waals surface area contributed by atoms with Crippen molar-refractivity contribution in [3.8, 4) is 5.75 Å². The highest BCUT2D eigenvalue weighted by molar-refractivity contribution is 5.78. The van der Waals surface area contributed by atoms with Crippen LogP contribution in [0.4, 0.5) is 0 Å². The molecule has 2 aromatic rings. The summed E-state index contributed by atoms with van der Waals surface area (Å²) in [5, 5.41) is 9.54. The lowest BCUT2D eigenvalue weighted by atomic mass is 10.1. The number of nitrogens with one attached hydrogen (secondary N) is 2. The van der Waals surface area contributed by atoms with Crippen LogP contribution in [0.15, 0.2) is 30.3 Å². The fraction of sp³-hybridized carbons (Fsp3) is 0.400. The molecular formula is C15H20N4O2. The first-order valence-corrected chi connectivity index (χ1v) is 6.98. The van der Waals surface area contributed by atoms with Gasteiger partial charge in [0, 0.05) is 5.92 Å². The van der Waals surface area contributed by atoms with Crippen LogP contribution in [0, 0.1) is 12.8 Å². The predicted octanol–water partition coefficient (Wildman–Crippen LogP) is 1.83. The molecule has 0 saturated carbocycles. The Morgan fingerprint density at radius 1 is 1.38 bits per heavy atom. The van der Waals surface area contributed by atoms with Gasteiger partial charge in [-0.25, -0.2) is 4.98 Å². The van der Waals surface area contributed by atoms with Crippen molar-refractivity contribution < 1.29 is 9.53 Å². The highest BCUT2D eigenvalue weighted by atomic mass is 16.5. The summed E-state index contributed by atoms with van der Waals surface area (Å²) in [5.74, 6) is 2.02. The highest BCUT2D eigenvalue weighted by Crippen LogP contribution is 2.10. The van der Waals surface area contributed by atoms with Crippen LogP contribution in [0.3, 0.4) is 0 Å². The first-order valence-electron chi connectivity index (χ1n) is 6.98. The smallest absolute Gasteiger partial charge is 0.223 e. The van der Waals surface area contributed by atoms with Gasteiger partial charge in [-0.2, -0.15) is 5.10 Å². The number of hydrogen-bond acceptors (Lipinski definition) is 4. The van der Waals surface area contributed by atoms with Gasteiger partial charge in [0.2, 0.25) is 5.91 Å². The largest absolute Gasteiger partial charge is 0.494 e. The van der Waals surface area contributed by atoms with Gasteiger partial charge in [-0.05, 0) is 25.5 Å². The number of hydrogen-bond donors (Lipinski definition) is 2. The molecule has 6 heteroatoms. The molecule has 0 bridgehead atoms. The van der Waals surface area contributed by atoms with E-state index in [2.05, 4.69) is 20.5 Å². The predicted molar refractivity (Wildman–Crippen MR) is 78.7 cm³/mol. The Labute approximate surface area is 123 Å². The molecule has 0 fully saturated rings. The van der Waals surface area contributed by atoms with Gasteiger partial charge in [0.15, 0.2) is 5.82 Å². The Bertz CT molecular complexity index is 568. The molecule has 6 nitrogen and oxygen atoms in total. The van der Waals surface area contributed by atoms with Crippen molar-refractivity contribution in [2.45, 2.75) is 26.8 Å². The molecule has 1 heterocycles. The van der Waals surface area contributed by atoms with Crippen LogP contribution in [0.5, 0.6) is 5.75 Å². The molecule has 112 valence electrons. The second kappa shape index (κ2) is 7.42. The maximum Gasteiger partial charge on any atom is 0.223 e. The molecule has 0 aliphatic heterocycles. The average molecular weight is 288 g/mol. The average Bonchev–Trinajstić information content (AvgIpc) is 2.91. The van der Waals surface area contributed by atoms with Crippen LogP contribution in [-0.4, -0.2) is 27.7 Å². The Balaban J connectivity index is 1.67. The van der Waals surface area contributed by atoms with Crippen molar-refractivity contribution >= 4 is 5.91 Å². The van der Waals surface area contributed by atoms with E-state index >= 15 is 0 Å². The van der Waals surface area contributed by atoms with Crippen LogP contribution in [-0.2, 0) is 11.3 Å². The number of aromatic amines is 1. The molecular weight excluding hydrogens is 268 g/mol. The number of H-pyrrole nitrogens is 1. The van der Waals surface area contributed by atoms with Crippen LogP contribution < -0.4 is 10.1 Å². The number of ether oxygens (including phenoxy) is 1. The molecule has 2 N–H and O–H groups in total. The molecule has 1 atom stereocenters. The number of aromatic nitrogens is 3. The summed E-state index contributed by atoms with van der Waals surface area (Å²) in [6.45, 7) is 4.56. The Hall–Kier alpha value is -2.37. The zero-order valence-corrected chi connectivity index (χ0v) is 12.3. The lowest BCUT2D eigenvalue weighted by Gasteiger charge is -2.12. The molecule has 0 aliphatic rings. The van der Waals surface area contributed by atoms with E-state index < -0.39 is 0 Å². The number of rotatable bonds is 7. The van der Waals surface area contributed by atoms with Crippen molar-refractivity contribution in [2.24, 2.45) is 5.92 Å². The molecule has 1 aromatic heterocycles. The van der Waals surface area contributed by atoms with Gasteiger partial charge in [-0.1, -0.05) is 25.1 Å². The molecule has 2 rings (SSSR count). The van der Waals surface area contributed by atoms with Crippen molar-refractivity contribution in [3.05, 3.63) is 42.0 Å². The summed E-state index contributed by atoms with van der Waals surface area (Å²) in [6, 6.07) is 9.58. The standard InChI is InChI=1S/C15H20N4O2/c1-11(8-9-21-13-6-4-3-5-7-13)15(20)16-10-14-17-12(2)18-19-14/h3-7,11H,8-10H2,1-2H3,(H,16,20)(H,17,18,19). The Morgan fingerprint density at radius 2 is 2.14 bits per heavy atom. The van der Waals surface area contributed by atoms with Crippen LogP contribution >= 0.6 is 0 Å². The summed E-state index contributed by atoms with van der Waals surface area (Å²) in [7, 11) is 0. The van der Waals surface area contributed by atoms with Gasteiger partial charge in [-0.3, -0.25) is 9.89 Å². The van der Waals surface area contributed by atoms with Crippen molar-refractivity contribution in [1.29, 1.82) is 0 Å². The summed E-state index contributed by atoms with van der Waals surface area (Å²) < 4.78 is 5.58. The third-order valence-corrected chi connectivity index (χ3v) is 3.07. The number of para-hydroxylation sites is 1. The normalized spacial score (nSPS) is 11.9. The van der Waals surface area contributed by atoms with Gasteiger partial charge >= 0.3 is 0 Å². The zero-order chi connectivity index (χ0) is 15.1. The van der Waals surface area contributed by atoms with E-state index in [9.17, 15) is 4.79 Å². The third kappa shape index (κ3) is 4.91. The van der Waals surface area contributed by atoms with Crippen molar-refractivity contribution in [1.82, 2.24) is 20.5 Å². The minimum absolute atomic E-state index is 0.0193. The molecule has 1 aromatic carbocycles. The van der Waals surface area contributed by atoms with E-state index in [4.69, 9.17) is 4.74 Å². The molecule has 0 radical (unpaired) electrons. The zero-order valence-electron chi connectivity index (χ0n) is 12.3. The SMILES string of the molecule is Cc1nc(CNC(=O)C(C)CCOc2ccccc2)n[nH]1. The maximum atomic E-state index is 11.9. The lowest BCUT2D eigenvalue weighted by Crippen LogP contribution is -2.30. The van der Waals surface area contributed by atoms with Crippen molar-refractivity contribution in [2.75, 3.05) is 6.61 Å².